The molecule has 2 aromatic rings. The van der Waals surface area contributed by atoms with Crippen molar-refractivity contribution >= 4 is 22.2 Å². The minimum absolute atomic E-state index is 0.498. The summed E-state index contributed by atoms with van der Waals surface area (Å²) in [6.45, 7) is 2.58. The largest absolute Gasteiger partial charge is 0.325 e. The number of nitrogens with two attached hydrogens (primary N) is 1. The predicted octanol–water partition coefficient (Wildman–Crippen LogP) is 2.68. The Labute approximate surface area is 99.5 Å². The van der Waals surface area contributed by atoms with Gasteiger partial charge >= 0.3 is 0 Å². The standard InChI is InChI=1S/C12H15N3S/c1-9-3-5-11(6-4-9)15(2)12-14-10(7-13)8-16-12/h3-6,8H,7,13H2,1-2H3. The number of anilines is 2. The van der Waals surface area contributed by atoms with E-state index in [1.54, 1.807) is 11.3 Å². The van der Waals surface area contributed by atoms with Crippen LogP contribution in [0.1, 0.15) is 11.3 Å². The third-order valence-electron chi connectivity index (χ3n) is 2.46. The highest BCUT2D eigenvalue weighted by Gasteiger charge is 2.07. The molecule has 0 spiro atoms. The summed E-state index contributed by atoms with van der Waals surface area (Å²) in [5, 5.41) is 2.98. The molecule has 0 amide bonds. The molecule has 3 nitrogen and oxygen atoms in total. The molecule has 0 aliphatic rings. The van der Waals surface area contributed by atoms with Crippen LogP contribution in [0.25, 0.3) is 0 Å². The minimum atomic E-state index is 0.498. The molecule has 0 radical (unpaired) electrons. The Morgan fingerprint density at radius 3 is 2.56 bits per heavy atom. The average molecular weight is 233 g/mol. The first-order valence-electron chi connectivity index (χ1n) is 5.15. The zero-order chi connectivity index (χ0) is 11.5. The lowest BCUT2D eigenvalue weighted by atomic mass is 10.2. The van der Waals surface area contributed by atoms with Crippen LogP contribution in [0.5, 0.6) is 0 Å². The molecule has 0 fully saturated rings. The lowest BCUT2D eigenvalue weighted by Gasteiger charge is -2.15. The van der Waals surface area contributed by atoms with Crippen molar-refractivity contribution in [3.8, 4) is 0 Å². The summed E-state index contributed by atoms with van der Waals surface area (Å²) in [6, 6.07) is 8.39. The van der Waals surface area contributed by atoms with Crippen LogP contribution in [0.3, 0.4) is 0 Å². The molecule has 1 aromatic heterocycles. The number of aryl methyl sites for hydroxylation is 1. The fraction of sp³-hybridized carbons (Fsp3) is 0.250. The van der Waals surface area contributed by atoms with Gasteiger partial charge in [-0.25, -0.2) is 4.98 Å². The van der Waals surface area contributed by atoms with Gasteiger partial charge in [0.25, 0.3) is 0 Å². The quantitative estimate of drug-likeness (QED) is 0.886. The molecule has 0 aliphatic carbocycles. The molecule has 84 valence electrons. The topological polar surface area (TPSA) is 42.2 Å². The molecule has 16 heavy (non-hydrogen) atoms. The smallest absolute Gasteiger partial charge is 0.189 e. The molecular weight excluding hydrogens is 218 g/mol. The van der Waals surface area contributed by atoms with Crippen LogP contribution >= 0.6 is 11.3 Å². The zero-order valence-electron chi connectivity index (χ0n) is 9.47. The van der Waals surface area contributed by atoms with E-state index >= 15 is 0 Å². The molecule has 4 heteroatoms. The monoisotopic (exact) mass is 233 g/mol. The molecule has 2 rings (SSSR count). The van der Waals surface area contributed by atoms with Gasteiger partial charge in [0.15, 0.2) is 5.13 Å². The second kappa shape index (κ2) is 4.63. The van der Waals surface area contributed by atoms with Gasteiger partial charge in [-0.1, -0.05) is 17.7 Å². The Bertz CT molecular complexity index is 461. The van der Waals surface area contributed by atoms with E-state index in [-0.39, 0.29) is 0 Å². The van der Waals surface area contributed by atoms with Crippen LogP contribution in [-0.4, -0.2) is 12.0 Å². The number of hydrogen-bond acceptors (Lipinski definition) is 4. The van der Waals surface area contributed by atoms with Crippen LogP contribution < -0.4 is 10.6 Å². The second-order valence-electron chi connectivity index (χ2n) is 3.72. The fourth-order valence-corrected chi connectivity index (χ4v) is 2.25. The van der Waals surface area contributed by atoms with Crippen molar-refractivity contribution in [2.45, 2.75) is 13.5 Å². The van der Waals surface area contributed by atoms with Gasteiger partial charge in [0, 0.05) is 24.7 Å². The molecule has 0 aliphatic heterocycles. The summed E-state index contributed by atoms with van der Waals surface area (Å²) in [6.07, 6.45) is 0. The third kappa shape index (κ3) is 2.23. The van der Waals surface area contributed by atoms with Crippen LogP contribution in [-0.2, 0) is 6.54 Å². The van der Waals surface area contributed by atoms with Crippen LogP contribution in [0.4, 0.5) is 10.8 Å². The lowest BCUT2D eigenvalue weighted by molar-refractivity contribution is 1.00. The molecule has 0 unspecified atom stereocenters. The molecule has 1 heterocycles. The number of benzene rings is 1. The van der Waals surface area contributed by atoms with Crippen molar-refractivity contribution in [2.75, 3.05) is 11.9 Å². The highest BCUT2D eigenvalue weighted by molar-refractivity contribution is 7.13. The second-order valence-corrected chi connectivity index (χ2v) is 4.56. The first-order valence-corrected chi connectivity index (χ1v) is 6.03. The highest BCUT2D eigenvalue weighted by atomic mass is 32.1. The van der Waals surface area contributed by atoms with Gasteiger partial charge in [-0.2, -0.15) is 0 Å². The van der Waals surface area contributed by atoms with Crippen molar-refractivity contribution in [3.63, 3.8) is 0 Å². The SMILES string of the molecule is Cc1ccc(N(C)c2nc(CN)cs2)cc1. The normalized spacial score (nSPS) is 10.4. The maximum atomic E-state index is 5.55. The van der Waals surface area contributed by atoms with Crippen molar-refractivity contribution < 1.29 is 0 Å². The van der Waals surface area contributed by atoms with E-state index in [0.29, 0.717) is 6.54 Å². The van der Waals surface area contributed by atoms with Gasteiger partial charge in [0.2, 0.25) is 0 Å². The van der Waals surface area contributed by atoms with Gasteiger partial charge in [0.1, 0.15) is 0 Å². The molecule has 0 saturated carbocycles. The van der Waals surface area contributed by atoms with Crippen molar-refractivity contribution in [3.05, 3.63) is 40.9 Å². The van der Waals surface area contributed by atoms with Crippen molar-refractivity contribution in [2.24, 2.45) is 5.73 Å². The Hall–Kier alpha value is -1.39. The molecular formula is C12H15N3S. The Morgan fingerprint density at radius 2 is 2.00 bits per heavy atom. The zero-order valence-corrected chi connectivity index (χ0v) is 10.3. The molecule has 0 atom stereocenters. The van der Waals surface area contributed by atoms with Crippen molar-refractivity contribution in [1.29, 1.82) is 0 Å². The molecule has 0 bridgehead atoms. The Kier molecular flexibility index (Phi) is 3.22. The molecule has 0 saturated heterocycles. The van der Waals surface area contributed by atoms with Gasteiger partial charge in [-0.15, -0.1) is 11.3 Å². The number of aromatic nitrogens is 1. The maximum absolute atomic E-state index is 5.55. The van der Waals surface area contributed by atoms with E-state index < -0.39 is 0 Å². The van der Waals surface area contributed by atoms with E-state index in [2.05, 4.69) is 41.1 Å². The first-order chi connectivity index (χ1) is 7.70. The maximum Gasteiger partial charge on any atom is 0.189 e. The first kappa shape index (κ1) is 11.1. The Morgan fingerprint density at radius 1 is 1.31 bits per heavy atom. The molecule has 2 N–H and O–H groups in total. The summed E-state index contributed by atoms with van der Waals surface area (Å²) in [5.74, 6) is 0. The minimum Gasteiger partial charge on any atom is -0.325 e. The Balaban J connectivity index is 2.24. The van der Waals surface area contributed by atoms with Crippen LogP contribution in [0.15, 0.2) is 29.6 Å². The summed E-state index contributed by atoms with van der Waals surface area (Å²) >= 11 is 1.62. The van der Waals surface area contributed by atoms with Crippen molar-refractivity contribution in [1.82, 2.24) is 4.98 Å². The lowest BCUT2D eigenvalue weighted by Crippen LogP contribution is -2.09. The van der Waals surface area contributed by atoms with Gasteiger partial charge in [-0.3, -0.25) is 0 Å². The molecule has 1 aromatic carbocycles. The van der Waals surface area contributed by atoms with Gasteiger partial charge in [0.05, 0.1) is 5.69 Å². The summed E-state index contributed by atoms with van der Waals surface area (Å²) < 4.78 is 0. The highest BCUT2D eigenvalue weighted by Crippen LogP contribution is 2.26. The van der Waals surface area contributed by atoms with E-state index in [9.17, 15) is 0 Å². The third-order valence-corrected chi connectivity index (χ3v) is 3.42. The van der Waals surface area contributed by atoms with Gasteiger partial charge < -0.3 is 10.6 Å². The summed E-state index contributed by atoms with van der Waals surface area (Å²) in [5.41, 5.74) is 8.90. The summed E-state index contributed by atoms with van der Waals surface area (Å²) in [4.78, 5) is 6.52. The van der Waals surface area contributed by atoms with Gasteiger partial charge in [-0.05, 0) is 19.1 Å². The van der Waals surface area contributed by atoms with E-state index in [0.717, 1.165) is 16.5 Å². The number of nitrogens with zero attached hydrogens (tertiary/aromatic N) is 2. The average Bonchev–Trinajstić information content (AvgIpc) is 2.77. The fourth-order valence-electron chi connectivity index (χ4n) is 1.42. The van der Waals surface area contributed by atoms with Crippen LogP contribution in [0, 0.1) is 6.92 Å². The van der Waals surface area contributed by atoms with E-state index in [1.807, 2.05) is 12.4 Å². The summed E-state index contributed by atoms with van der Waals surface area (Å²) in [7, 11) is 2.02. The van der Waals surface area contributed by atoms with E-state index in [4.69, 9.17) is 5.73 Å². The van der Waals surface area contributed by atoms with E-state index in [1.165, 1.54) is 5.56 Å². The number of rotatable bonds is 3. The number of thiazole rings is 1. The number of hydrogen-bond donors (Lipinski definition) is 1. The predicted molar refractivity (Wildman–Crippen MR) is 69.2 cm³/mol. The van der Waals surface area contributed by atoms with Crippen LogP contribution in [0.2, 0.25) is 0 Å².